The van der Waals surface area contributed by atoms with Crippen LogP contribution in [0.2, 0.25) is 0 Å². The molecule has 5 nitrogen and oxygen atoms in total. The minimum atomic E-state index is 0.374. The molecule has 1 aliphatic heterocycles. The third kappa shape index (κ3) is 2.72. The molecule has 0 aliphatic carbocycles. The zero-order valence-electron chi connectivity index (χ0n) is 11.2. The molecule has 1 aliphatic rings. The second-order valence-electron chi connectivity index (χ2n) is 4.83. The molecule has 2 rings (SSSR count). The van der Waals surface area contributed by atoms with Crippen LogP contribution < -0.4 is 15.4 Å². The lowest BCUT2D eigenvalue weighted by Gasteiger charge is -2.26. The van der Waals surface area contributed by atoms with Gasteiger partial charge in [-0.05, 0) is 18.8 Å². The molecule has 1 aromatic heterocycles. The van der Waals surface area contributed by atoms with E-state index in [2.05, 4.69) is 28.7 Å². The van der Waals surface area contributed by atoms with Gasteiger partial charge < -0.3 is 15.4 Å². The molecular formula is C13H22N4O. The molecular weight excluding hydrogens is 228 g/mol. The maximum atomic E-state index is 5.85. The molecule has 0 bridgehead atoms. The Morgan fingerprint density at radius 1 is 1.50 bits per heavy atom. The van der Waals surface area contributed by atoms with Crippen LogP contribution in [-0.2, 0) is 0 Å². The fourth-order valence-corrected chi connectivity index (χ4v) is 2.42. The average molecular weight is 250 g/mol. The van der Waals surface area contributed by atoms with Crippen molar-refractivity contribution in [2.45, 2.75) is 32.7 Å². The Balaban J connectivity index is 2.12. The molecule has 1 fully saturated rings. The van der Waals surface area contributed by atoms with Crippen molar-refractivity contribution in [1.82, 2.24) is 9.97 Å². The Labute approximate surface area is 108 Å². The van der Waals surface area contributed by atoms with E-state index in [9.17, 15) is 0 Å². The summed E-state index contributed by atoms with van der Waals surface area (Å²) >= 11 is 0. The average Bonchev–Trinajstić information content (AvgIpc) is 2.77. The first-order valence-electron chi connectivity index (χ1n) is 6.67. The van der Waals surface area contributed by atoms with Gasteiger partial charge in [0.25, 0.3) is 0 Å². The van der Waals surface area contributed by atoms with Crippen LogP contribution >= 0.6 is 0 Å². The Bertz CT molecular complexity index is 385. The predicted molar refractivity (Wildman–Crippen MR) is 71.8 cm³/mol. The summed E-state index contributed by atoms with van der Waals surface area (Å²) < 4.78 is 5.54. The lowest BCUT2D eigenvalue weighted by atomic mass is 10.0. The normalized spacial score (nSPS) is 23.4. The van der Waals surface area contributed by atoms with Crippen LogP contribution in [-0.4, -0.2) is 35.7 Å². The summed E-state index contributed by atoms with van der Waals surface area (Å²) in [6.07, 6.45) is 3.71. The zero-order chi connectivity index (χ0) is 13.0. The van der Waals surface area contributed by atoms with Gasteiger partial charge in [-0.1, -0.05) is 13.8 Å². The highest BCUT2D eigenvalue weighted by Gasteiger charge is 2.31. The largest absolute Gasteiger partial charge is 0.478 e. The van der Waals surface area contributed by atoms with Gasteiger partial charge in [0.1, 0.15) is 12.1 Å². The quantitative estimate of drug-likeness (QED) is 0.856. The molecule has 1 saturated heterocycles. The first kappa shape index (κ1) is 13.1. The summed E-state index contributed by atoms with van der Waals surface area (Å²) in [6, 6.07) is 2.29. The maximum Gasteiger partial charge on any atom is 0.218 e. The molecule has 100 valence electrons. The van der Waals surface area contributed by atoms with Gasteiger partial charge in [-0.25, -0.2) is 9.97 Å². The van der Waals surface area contributed by atoms with E-state index in [1.165, 1.54) is 0 Å². The van der Waals surface area contributed by atoms with E-state index in [4.69, 9.17) is 10.5 Å². The number of rotatable bonds is 5. The van der Waals surface area contributed by atoms with Crippen LogP contribution in [0.4, 0.5) is 5.82 Å². The van der Waals surface area contributed by atoms with Crippen LogP contribution in [0.15, 0.2) is 12.4 Å². The number of ether oxygens (including phenoxy) is 1. The molecule has 2 heterocycles. The smallest absolute Gasteiger partial charge is 0.218 e. The number of aromatic nitrogens is 2. The topological polar surface area (TPSA) is 64.3 Å². The minimum absolute atomic E-state index is 0.374. The first-order chi connectivity index (χ1) is 8.76. The van der Waals surface area contributed by atoms with Gasteiger partial charge in [0.05, 0.1) is 6.61 Å². The fraction of sp³-hybridized carbons (Fsp3) is 0.692. The van der Waals surface area contributed by atoms with Crippen LogP contribution in [0.1, 0.15) is 26.7 Å². The monoisotopic (exact) mass is 250 g/mol. The highest BCUT2D eigenvalue weighted by atomic mass is 16.5. The Kier molecular flexibility index (Phi) is 4.36. The van der Waals surface area contributed by atoms with Gasteiger partial charge in [-0.2, -0.15) is 0 Å². The molecule has 18 heavy (non-hydrogen) atoms. The molecule has 0 saturated carbocycles. The summed E-state index contributed by atoms with van der Waals surface area (Å²) in [5.74, 6) is 2.19. The zero-order valence-corrected chi connectivity index (χ0v) is 11.2. The van der Waals surface area contributed by atoms with Gasteiger partial charge in [0.2, 0.25) is 5.88 Å². The van der Waals surface area contributed by atoms with Gasteiger partial charge in [0, 0.05) is 25.2 Å². The lowest BCUT2D eigenvalue weighted by molar-refractivity contribution is 0.304. The van der Waals surface area contributed by atoms with Gasteiger partial charge in [-0.15, -0.1) is 0 Å². The van der Waals surface area contributed by atoms with E-state index >= 15 is 0 Å². The molecule has 0 amide bonds. The number of hydrogen-bond acceptors (Lipinski definition) is 5. The molecule has 0 aromatic carbocycles. The van der Waals surface area contributed by atoms with E-state index in [1.807, 2.05) is 6.07 Å². The molecule has 0 spiro atoms. The van der Waals surface area contributed by atoms with Crippen molar-refractivity contribution >= 4 is 5.82 Å². The molecule has 1 aromatic rings. The standard InChI is InChI=1S/C13H22N4O/c1-3-6-18-13-7-12(15-9-16-13)17-5-4-10(2)11(17)8-14/h7,9-11H,3-6,8,14H2,1-2H3. The highest BCUT2D eigenvalue weighted by Crippen LogP contribution is 2.28. The second-order valence-corrected chi connectivity index (χ2v) is 4.83. The Hall–Kier alpha value is -1.36. The Morgan fingerprint density at radius 3 is 3.06 bits per heavy atom. The number of nitrogens with zero attached hydrogens (tertiary/aromatic N) is 3. The van der Waals surface area contributed by atoms with Crippen molar-refractivity contribution in [3.8, 4) is 5.88 Å². The molecule has 2 atom stereocenters. The van der Waals surface area contributed by atoms with Gasteiger partial charge in [0.15, 0.2) is 0 Å². The SMILES string of the molecule is CCCOc1cc(N2CCC(C)C2CN)ncn1. The van der Waals surface area contributed by atoms with Crippen LogP contribution in [0, 0.1) is 5.92 Å². The van der Waals surface area contributed by atoms with Gasteiger partial charge in [-0.3, -0.25) is 0 Å². The summed E-state index contributed by atoms with van der Waals surface area (Å²) in [5, 5.41) is 0. The highest BCUT2D eigenvalue weighted by molar-refractivity contribution is 5.43. The predicted octanol–water partition coefficient (Wildman–Crippen LogP) is 1.44. The summed E-state index contributed by atoms with van der Waals surface area (Å²) in [5.41, 5.74) is 5.85. The van der Waals surface area contributed by atoms with Crippen molar-refractivity contribution in [2.24, 2.45) is 11.7 Å². The van der Waals surface area contributed by atoms with Crippen LogP contribution in [0.3, 0.4) is 0 Å². The summed E-state index contributed by atoms with van der Waals surface area (Å²) in [7, 11) is 0. The first-order valence-corrected chi connectivity index (χ1v) is 6.67. The van der Waals surface area contributed by atoms with E-state index in [-0.39, 0.29) is 0 Å². The van der Waals surface area contributed by atoms with Gasteiger partial charge >= 0.3 is 0 Å². The number of anilines is 1. The Morgan fingerprint density at radius 2 is 2.33 bits per heavy atom. The van der Waals surface area contributed by atoms with Crippen molar-refractivity contribution in [1.29, 1.82) is 0 Å². The third-order valence-electron chi connectivity index (χ3n) is 3.50. The summed E-state index contributed by atoms with van der Waals surface area (Å²) in [6.45, 7) is 6.68. The second kappa shape index (κ2) is 6.00. The maximum absolute atomic E-state index is 5.85. The van der Waals surface area contributed by atoms with E-state index in [1.54, 1.807) is 6.33 Å². The van der Waals surface area contributed by atoms with E-state index in [0.717, 1.165) is 25.2 Å². The van der Waals surface area contributed by atoms with Crippen LogP contribution in [0.25, 0.3) is 0 Å². The minimum Gasteiger partial charge on any atom is -0.478 e. The van der Waals surface area contributed by atoms with Crippen molar-refractivity contribution in [3.05, 3.63) is 12.4 Å². The fourth-order valence-electron chi connectivity index (χ4n) is 2.42. The number of nitrogens with two attached hydrogens (primary N) is 1. The van der Waals surface area contributed by atoms with Crippen molar-refractivity contribution in [2.75, 3.05) is 24.6 Å². The van der Waals surface area contributed by atoms with Crippen molar-refractivity contribution in [3.63, 3.8) is 0 Å². The van der Waals surface area contributed by atoms with E-state index in [0.29, 0.717) is 31.0 Å². The molecule has 2 unspecified atom stereocenters. The summed E-state index contributed by atoms with van der Waals surface area (Å²) in [4.78, 5) is 10.7. The van der Waals surface area contributed by atoms with Crippen LogP contribution in [0.5, 0.6) is 5.88 Å². The third-order valence-corrected chi connectivity index (χ3v) is 3.50. The van der Waals surface area contributed by atoms with Crippen molar-refractivity contribution < 1.29 is 4.74 Å². The number of hydrogen-bond donors (Lipinski definition) is 1. The molecule has 0 radical (unpaired) electrons. The lowest BCUT2D eigenvalue weighted by Crippen LogP contribution is -2.38. The van der Waals surface area contributed by atoms with E-state index < -0.39 is 0 Å². The molecule has 2 N–H and O–H groups in total. The molecule has 5 heteroatoms.